The zero-order valence-electron chi connectivity index (χ0n) is 15.4. The highest BCUT2D eigenvalue weighted by molar-refractivity contribution is 5.94. The molecule has 0 spiro atoms. The molecule has 0 atom stereocenters. The van der Waals surface area contributed by atoms with Gasteiger partial charge >= 0.3 is 0 Å². The maximum Gasteiger partial charge on any atom is 0.290 e. The van der Waals surface area contributed by atoms with Crippen molar-refractivity contribution in [1.29, 1.82) is 0 Å². The highest BCUT2D eigenvalue weighted by Crippen LogP contribution is 2.30. The molecule has 0 radical (unpaired) electrons. The molecule has 1 fully saturated rings. The van der Waals surface area contributed by atoms with Crippen LogP contribution >= 0.6 is 0 Å². The van der Waals surface area contributed by atoms with Gasteiger partial charge in [-0.25, -0.2) is 9.07 Å². The Morgan fingerprint density at radius 2 is 2.00 bits per heavy atom. The van der Waals surface area contributed by atoms with E-state index in [9.17, 15) is 14.0 Å². The zero-order chi connectivity index (χ0) is 19.7. The van der Waals surface area contributed by atoms with Crippen LogP contribution in [0.3, 0.4) is 0 Å². The third kappa shape index (κ3) is 3.83. The molecule has 0 bridgehead atoms. The summed E-state index contributed by atoms with van der Waals surface area (Å²) in [6, 6.07) is 9.43. The number of hydrogen-bond donors (Lipinski definition) is 1. The number of ketones is 1. The lowest BCUT2D eigenvalue weighted by molar-refractivity contribution is 0.101. The Kier molecular flexibility index (Phi) is 4.73. The first-order valence-electron chi connectivity index (χ1n) is 9.11. The number of para-hydroxylation sites is 1. The normalized spacial score (nSPS) is 13.4. The molecule has 28 heavy (non-hydrogen) atoms. The Morgan fingerprint density at radius 1 is 1.21 bits per heavy atom. The second-order valence-electron chi connectivity index (χ2n) is 7.00. The fourth-order valence-corrected chi connectivity index (χ4v) is 2.92. The summed E-state index contributed by atoms with van der Waals surface area (Å²) in [7, 11) is 0. The molecular formula is C21H19FN4O2. The van der Waals surface area contributed by atoms with Crippen molar-refractivity contribution in [1.82, 2.24) is 14.8 Å². The van der Waals surface area contributed by atoms with Gasteiger partial charge in [-0.15, -0.1) is 0 Å². The topological polar surface area (TPSA) is 76.9 Å². The standard InChI is InChI=1S/C21H19FN4O2/c1-13(27)15-8-16(11-23-10-15)19-9-20(24-18-5-3-2-4-17(18)22)21(28)26(25-19)12-14-6-7-14/h2-5,8-11,14,24H,6-7,12H2,1H3. The number of carbonyl (C=O) groups excluding carboxylic acids is 1. The Bertz CT molecular complexity index is 1110. The third-order valence-corrected chi connectivity index (χ3v) is 4.69. The van der Waals surface area contributed by atoms with E-state index in [4.69, 9.17) is 0 Å². The van der Waals surface area contributed by atoms with Gasteiger partial charge in [-0.1, -0.05) is 12.1 Å². The van der Waals surface area contributed by atoms with E-state index in [0.717, 1.165) is 12.8 Å². The number of halogens is 1. The van der Waals surface area contributed by atoms with Crippen molar-refractivity contribution in [2.24, 2.45) is 5.92 Å². The van der Waals surface area contributed by atoms with Crippen LogP contribution in [0.4, 0.5) is 15.8 Å². The molecule has 1 aliphatic rings. The first-order chi connectivity index (χ1) is 13.5. The first kappa shape index (κ1) is 18.0. The van der Waals surface area contributed by atoms with Gasteiger partial charge < -0.3 is 5.32 Å². The van der Waals surface area contributed by atoms with Crippen molar-refractivity contribution < 1.29 is 9.18 Å². The van der Waals surface area contributed by atoms with Gasteiger partial charge in [-0.2, -0.15) is 5.10 Å². The van der Waals surface area contributed by atoms with E-state index in [1.54, 1.807) is 36.5 Å². The summed E-state index contributed by atoms with van der Waals surface area (Å²) in [6.45, 7) is 1.98. The maximum atomic E-state index is 14.1. The van der Waals surface area contributed by atoms with Gasteiger partial charge in [-0.3, -0.25) is 14.6 Å². The van der Waals surface area contributed by atoms with Crippen LogP contribution < -0.4 is 10.9 Å². The summed E-state index contributed by atoms with van der Waals surface area (Å²) in [4.78, 5) is 28.6. The summed E-state index contributed by atoms with van der Waals surface area (Å²) < 4.78 is 15.5. The molecule has 1 N–H and O–H groups in total. The summed E-state index contributed by atoms with van der Waals surface area (Å²) >= 11 is 0. The second-order valence-corrected chi connectivity index (χ2v) is 7.00. The highest BCUT2D eigenvalue weighted by Gasteiger charge is 2.24. The number of hydrogen-bond acceptors (Lipinski definition) is 5. The van der Waals surface area contributed by atoms with Gasteiger partial charge in [0.05, 0.1) is 11.4 Å². The Labute approximate surface area is 161 Å². The van der Waals surface area contributed by atoms with Crippen LogP contribution in [0.5, 0.6) is 0 Å². The van der Waals surface area contributed by atoms with Crippen LogP contribution in [0.2, 0.25) is 0 Å². The van der Waals surface area contributed by atoms with E-state index in [-0.39, 0.29) is 22.7 Å². The average Bonchev–Trinajstić information content (AvgIpc) is 3.50. The van der Waals surface area contributed by atoms with Crippen molar-refractivity contribution in [3.8, 4) is 11.3 Å². The van der Waals surface area contributed by atoms with Gasteiger partial charge in [0.15, 0.2) is 5.78 Å². The molecule has 7 heteroatoms. The van der Waals surface area contributed by atoms with Crippen LogP contribution in [0.25, 0.3) is 11.3 Å². The van der Waals surface area contributed by atoms with Crippen LogP contribution in [-0.4, -0.2) is 20.5 Å². The van der Waals surface area contributed by atoms with E-state index < -0.39 is 5.82 Å². The third-order valence-electron chi connectivity index (χ3n) is 4.69. The van der Waals surface area contributed by atoms with E-state index in [1.807, 2.05) is 0 Å². The summed E-state index contributed by atoms with van der Waals surface area (Å²) in [6.07, 6.45) is 5.21. The van der Waals surface area contributed by atoms with Crippen molar-refractivity contribution in [2.75, 3.05) is 5.32 Å². The lowest BCUT2D eigenvalue weighted by Crippen LogP contribution is -2.26. The van der Waals surface area contributed by atoms with Crippen LogP contribution in [0.1, 0.15) is 30.1 Å². The highest BCUT2D eigenvalue weighted by atomic mass is 19.1. The number of carbonyl (C=O) groups is 1. The molecule has 2 heterocycles. The predicted octanol–water partition coefficient (Wildman–Crippen LogP) is 3.80. The lowest BCUT2D eigenvalue weighted by Gasteiger charge is -2.13. The molecule has 6 nitrogen and oxygen atoms in total. The van der Waals surface area contributed by atoms with Crippen molar-refractivity contribution in [2.45, 2.75) is 26.3 Å². The SMILES string of the molecule is CC(=O)c1cncc(-c2cc(Nc3ccccc3F)c(=O)n(CC3CC3)n2)c1. The molecule has 0 amide bonds. The van der Waals surface area contributed by atoms with E-state index in [2.05, 4.69) is 15.4 Å². The maximum absolute atomic E-state index is 14.1. The molecule has 0 saturated heterocycles. The fourth-order valence-electron chi connectivity index (χ4n) is 2.92. The molecule has 1 aliphatic carbocycles. The van der Waals surface area contributed by atoms with E-state index in [1.165, 1.54) is 23.9 Å². The number of nitrogens with zero attached hydrogens (tertiary/aromatic N) is 3. The quantitative estimate of drug-likeness (QED) is 0.660. The van der Waals surface area contributed by atoms with Crippen LogP contribution in [0, 0.1) is 11.7 Å². The largest absolute Gasteiger partial charge is 0.349 e. The summed E-state index contributed by atoms with van der Waals surface area (Å²) in [5.74, 6) is -0.122. The molecule has 1 saturated carbocycles. The van der Waals surface area contributed by atoms with Crippen LogP contribution in [0.15, 0.2) is 53.6 Å². The summed E-state index contributed by atoms with van der Waals surface area (Å²) in [5, 5.41) is 7.35. The van der Waals surface area contributed by atoms with Gasteiger partial charge in [0.2, 0.25) is 0 Å². The minimum Gasteiger partial charge on any atom is -0.349 e. The molecule has 0 aliphatic heterocycles. The van der Waals surface area contributed by atoms with Crippen molar-refractivity contribution >= 4 is 17.2 Å². The molecule has 3 aromatic rings. The predicted molar refractivity (Wildman–Crippen MR) is 104 cm³/mol. The van der Waals surface area contributed by atoms with E-state index >= 15 is 0 Å². The van der Waals surface area contributed by atoms with E-state index in [0.29, 0.717) is 29.3 Å². The lowest BCUT2D eigenvalue weighted by atomic mass is 10.1. The number of Topliss-reactive ketones (excluding diaryl/α,β-unsaturated/α-hetero) is 1. The number of rotatable bonds is 6. The van der Waals surface area contributed by atoms with Gasteiger partial charge in [0, 0.05) is 30.1 Å². The van der Waals surface area contributed by atoms with Gasteiger partial charge in [-0.05, 0) is 49.9 Å². The zero-order valence-corrected chi connectivity index (χ0v) is 15.4. The number of benzene rings is 1. The molecule has 142 valence electrons. The monoisotopic (exact) mass is 378 g/mol. The number of aromatic nitrogens is 3. The Hall–Kier alpha value is -3.35. The molecule has 1 aromatic carbocycles. The van der Waals surface area contributed by atoms with Crippen molar-refractivity contribution in [3.63, 3.8) is 0 Å². The first-order valence-corrected chi connectivity index (χ1v) is 9.11. The molecule has 2 aromatic heterocycles. The van der Waals surface area contributed by atoms with Gasteiger partial charge in [0.25, 0.3) is 5.56 Å². The van der Waals surface area contributed by atoms with Gasteiger partial charge in [0.1, 0.15) is 11.5 Å². The Balaban J connectivity index is 1.80. The smallest absolute Gasteiger partial charge is 0.290 e. The summed E-state index contributed by atoms with van der Waals surface area (Å²) in [5.41, 5.74) is 1.70. The van der Waals surface area contributed by atoms with Crippen molar-refractivity contribution in [3.05, 3.63) is 70.5 Å². The minimum absolute atomic E-state index is 0.106. The minimum atomic E-state index is -0.450. The number of anilines is 2. The molecule has 4 rings (SSSR count). The average molecular weight is 378 g/mol. The Morgan fingerprint density at radius 3 is 2.71 bits per heavy atom. The fraction of sp³-hybridized carbons (Fsp3) is 0.238. The molecular weight excluding hydrogens is 359 g/mol. The van der Waals surface area contributed by atoms with Crippen LogP contribution in [-0.2, 0) is 6.54 Å². The second kappa shape index (κ2) is 7.34. The molecule has 0 unspecified atom stereocenters. The number of pyridine rings is 1. The number of nitrogens with one attached hydrogen (secondary N) is 1.